The molecule has 0 aliphatic heterocycles. The summed E-state index contributed by atoms with van der Waals surface area (Å²) in [7, 11) is 0. The average Bonchev–Trinajstić information content (AvgIpc) is 2.83. The monoisotopic (exact) mass is 234 g/mol. The standard InChI is InChI=1S/C12H14N2OS/c1-2-4-11(5-3-1)15-8-6-13-10-12-14-7-9-16-12/h1-5,7,9,13H,6,8,10H2. The smallest absolute Gasteiger partial charge is 0.119 e. The van der Waals surface area contributed by atoms with Crippen LogP contribution in [0.15, 0.2) is 41.9 Å². The number of rotatable bonds is 6. The number of hydrogen-bond acceptors (Lipinski definition) is 4. The van der Waals surface area contributed by atoms with Crippen molar-refractivity contribution < 1.29 is 4.74 Å². The van der Waals surface area contributed by atoms with Gasteiger partial charge in [0.15, 0.2) is 0 Å². The molecule has 84 valence electrons. The second-order valence-electron chi connectivity index (χ2n) is 3.26. The van der Waals surface area contributed by atoms with Gasteiger partial charge in [-0.05, 0) is 12.1 Å². The molecule has 0 radical (unpaired) electrons. The molecule has 2 rings (SSSR count). The van der Waals surface area contributed by atoms with Gasteiger partial charge in [0.05, 0.1) is 0 Å². The lowest BCUT2D eigenvalue weighted by Gasteiger charge is -2.06. The molecule has 0 aliphatic rings. The Morgan fingerprint density at radius 3 is 2.88 bits per heavy atom. The molecule has 0 spiro atoms. The lowest BCUT2D eigenvalue weighted by Crippen LogP contribution is -2.20. The van der Waals surface area contributed by atoms with E-state index in [-0.39, 0.29) is 0 Å². The topological polar surface area (TPSA) is 34.1 Å². The van der Waals surface area contributed by atoms with Crippen molar-refractivity contribution in [2.75, 3.05) is 13.2 Å². The molecule has 0 amide bonds. The average molecular weight is 234 g/mol. The van der Waals surface area contributed by atoms with E-state index in [1.807, 2.05) is 41.9 Å². The highest BCUT2D eigenvalue weighted by atomic mass is 32.1. The normalized spacial score (nSPS) is 10.2. The van der Waals surface area contributed by atoms with Crippen LogP contribution in [0, 0.1) is 0 Å². The predicted octanol–water partition coefficient (Wildman–Crippen LogP) is 2.31. The number of nitrogens with one attached hydrogen (secondary N) is 1. The van der Waals surface area contributed by atoms with E-state index in [1.165, 1.54) is 0 Å². The van der Waals surface area contributed by atoms with E-state index in [9.17, 15) is 0 Å². The van der Waals surface area contributed by atoms with Crippen LogP contribution in [0.5, 0.6) is 5.75 Å². The van der Waals surface area contributed by atoms with E-state index in [0.717, 1.165) is 23.8 Å². The van der Waals surface area contributed by atoms with Crippen molar-refractivity contribution >= 4 is 11.3 Å². The lowest BCUT2D eigenvalue weighted by atomic mass is 10.3. The molecule has 4 heteroatoms. The van der Waals surface area contributed by atoms with Gasteiger partial charge in [-0.15, -0.1) is 11.3 Å². The first kappa shape index (κ1) is 11.1. The summed E-state index contributed by atoms with van der Waals surface area (Å²) in [6, 6.07) is 9.84. The Balaban J connectivity index is 1.59. The van der Waals surface area contributed by atoms with Crippen molar-refractivity contribution in [3.63, 3.8) is 0 Å². The first-order chi connectivity index (χ1) is 7.95. The summed E-state index contributed by atoms with van der Waals surface area (Å²) >= 11 is 1.66. The van der Waals surface area contributed by atoms with Crippen LogP contribution >= 0.6 is 11.3 Å². The Morgan fingerprint density at radius 1 is 1.25 bits per heavy atom. The number of nitrogens with zero attached hydrogens (tertiary/aromatic N) is 1. The van der Waals surface area contributed by atoms with Gasteiger partial charge < -0.3 is 10.1 Å². The highest BCUT2D eigenvalue weighted by molar-refractivity contribution is 7.09. The van der Waals surface area contributed by atoms with Crippen LogP contribution in [0.1, 0.15) is 5.01 Å². The van der Waals surface area contributed by atoms with Crippen molar-refractivity contribution in [2.45, 2.75) is 6.54 Å². The number of ether oxygens (including phenoxy) is 1. The Bertz CT molecular complexity index is 389. The Kier molecular flexibility index (Phi) is 4.34. The molecule has 1 aromatic carbocycles. The molecule has 3 nitrogen and oxygen atoms in total. The highest BCUT2D eigenvalue weighted by Gasteiger charge is 1.94. The first-order valence-corrected chi connectivity index (χ1v) is 6.10. The summed E-state index contributed by atoms with van der Waals surface area (Å²) in [5, 5.41) is 6.38. The summed E-state index contributed by atoms with van der Waals surface area (Å²) in [5.41, 5.74) is 0. The van der Waals surface area contributed by atoms with Gasteiger partial charge in [-0.1, -0.05) is 18.2 Å². The molecule has 0 atom stereocenters. The zero-order valence-electron chi connectivity index (χ0n) is 8.93. The Hall–Kier alpha value is -1.39. The minimum atomic E-state index is 0.676. The number of thiazole rings is 1. The third-order valence-electron chi connectivity index (χ3n) is 2.05. The molecule has 0 aliphatic carbocycles. The summed E-state index contributed by atoms with van der Waals surface area (Å²) in [5.74, 6) is 0.915. The van der Waals surface area contributed by atoms with Crippen LogP contribution in [-0.2, 0) is 6.54 Å². The molecule has 1 aromatic heterocycles. The van der Waals surface area contributed by atoms with Crippen LogP contribution in [0.25, 0.3) is 0 Å². The number of para-hydroxylation sites is 1. The molecule has 1 N–H and O–H groups in total. The van der Waals surface area contributed by atoms with Gasteiger partial charge in [-0.2, -0.15) is 0 Å². The van der Waals surface area contributed by atoms with Crippen LogP contribution < -0.4 is 10.1 Å². The van der Waals surface area contributed by atoms with Crippen molar-refractivity contribution in [1.82, 2.24) is 10.3 Å². The van der Waals surface area contributed by atoms with E-state index in [1.54, 1.807) is 11.3 Å². The molecule has 0 saturated carbocycles. The molecular weight excluding hydrogens is 220 g/mol. The van der Waals surface area contributed by atoms with Crippen molar-refractivity contribution in [3.05, 3.63) is 46.9 Å². The van der Waals surface area contributed by atoms with Crippen LogP contribution in [-0.4, -0.2) is 18.1 Å². The summed E-state index contributed by atoms with van der Waals surface area (Å²) < 4.78 is 5.55. The number of aromatic nitrogens is 1. The molecule has 16 heavy (non-hydrogen) atoms. The number of hydrogen-bond donors (Lipinski definition) is 1. The van der Waals surface area contributed by atoms with Crippen LogP contribution in [0.4, 0.5) is 0 Å². The molecular formula is C12H14N2OS. The molecule has 0 bridgehead atoms. The zero-order chi connectivity index (χ0) is 11.1. The van der Waals surface area contributed by atoms with E-state index >= 15 is 0 Å². The van der Waals surface area contributed by atoms with E-state index < -0.39 is 0 Å². The second-order valence-corrected chi connectivity index (χ2v) is 4.24. The van der Waals surface area contributed by atoms with Crippen molar-refractivity contribution in [1.29, 1.82) is 0 Å². The highest BCUT2D eigenvalue weighted by Crippen LogP contribution is 2.07. The first-order valence-electron chi connectivity index (χ1n) is 5.22. The van der Waals surface area contributed by atoms with Crippen LogP contribution in [0.2, 0.25) is 0 Å². The summed E-state index contributed by atoms with van der Waals surface area (Å²) in [4.78, 5) is 4.19. The predicted molar refractivity (Wildman–Crippen MR) is 65.8 cm³/mol. The fourth-order valence-electron chi connectivity index (χ4n) is 1.29. The SMILES string of the molecule is c1ccc(OCCNCc2nccs2)cc1. The minimum Gasteiger partial charge on any atom is -0.492 e. The number of benzene rings is 1. The largest absolute Gasteiger partial charge is 0.492 e. The summed E-state index contributed by atoms with van der Waals surface area (Å²) in [6.45, 7) is 2.32. The van der Waals surface area contributed by atoms with Gasteiger partial charge in [0.25, 0.3) is 0 Å². The zero-order valence-corrected chi connectivity index (χ0v) is 9.74. The van der Waals surface area contributed by atoms with Crippen molar-refractivity contribution in [2.24, 2.45) is 0 Å². The van der Waals surface area contributed by atoms with Gasteiger partial charge in [-0.25, -0.2) is 4.98 Å². The molecule has 0 fully saturated rings. The fraction of sp³-hybridized carbons (Fsp3) is 0.250. The molecule has 2 aromatic rings. The van der Waals surface area contributed by atoms with E-state index in [2.05, 4.69) is 10.3 Å². The van der Waals surface area contributed by atoms with Gasteiger partial charge in [0.1, 0.15) is 17.4 Å². The minimum absolute atomic E-state index is 0.676. The quantitative estimate of drug-likeness (QED) is 0.779. The molecule has 0 unspecified atom stereocenters. The van der Waals surface area contributed by atoms with Crippen LogP contribution in [0.3, 0.4) is 0 Å². The Morgan fingerprint density at radius 2 is 2.12 bits per heavy atom. The summed E-state index contributed by atoms with van der Waals surface area (Å²) in [6.07, 6.45) is 1.82. The molecule has 1 heterocycles. The lowest BCUT2D eigenvalue weighted by molar-refractivity contribution is 0.313. The Labute approximate surface area is 99.1 Å². The van der Waals surface area contributed by atoms with Gasteiger partial charge in [-0.3, -0.25) is 0 Å². The fourth-order valence-corrected chi connectivity index (χ4v) is 1.88. The maximum atomic E-state index is 5.55. The maximum Gasteiger partial charge on any atom is 0.119 e. The maximum absolute atomic E-state index is 5.55. The van der Waals surface area contributed by atoms with Gasteiger partial charge in [0.2, 0.25) is 0 Å². The van der Waals surface area contributed by atoms with Gasteiger partial charge in [0, 0.05) is 24.7 Å². The second kappa shape index (κ2) is 6.25. The third kappa shape index (κ3) is 3.64. The van der Waals surface area contributed by atoms with Gasteiger partial charge >= 0.3 is 0 Å². The third-order valence-corrected chi connectivity index (χ3v) is 2.83. The van der Waals surface area contributed by atoms with E-state index in [4.69, 9.17) is 4.74 Å². The van der Waals surface area contributed by atoms with Crippen molar-refractivity contribution in [3.8, 4) is 5.75 Å². The van der Waals surface area contributed by atoms with E-state index in [0.29, 0.717) is 6.61 Å². The molecule has 0 saturated heterocycles.